The van der Waals surface area contributed by atoms with Crippen LogP contribution in [0.4, 0.5) is 5.69 Å². The Morgan fingerprint density at radius 1 is 1.21 bits per heavy atom. The molecule has 0 aliphatic heterocycles. The van der Waals surface area contributed by atoms with Gasteiger partial charge in [-0.15, -0.1) is 11.3 Å². The minimum Gasteiger partial charge on any atom is -0.380 e. The number of nitrogens with zero attached hydrogens (tertiary/aromatic N) is 1. The van der Waals surface area contributed by atoms with Crippen LogP contribution < -0.4 is 5.32 Å². The minimum absolute atomic E-state index is 0.134. The first kappa shape index (κ1) is 16.4. The van der Waals surface area contributed by atoms with E-state index in [1.54, 1.807) is 24.5 Å². The normalized spacial score (nSPS) is 10.6. The van der Waals surface area contributed by atoms with Crippen molar-refractivity contribution in [2.24, 2.45) is 0 Å². The highest BCUT2D eigenvalue weighted by Gasteiger charge is 2.08. The lowest BCUT2D eigenvalue weighted by Gasteiger charge is -2.07. The van der Waals surface area contributed by atoms with Crippen molar-refractivity contribution in [3.05, 3.63) is 70.0 Å². The van der Waals surface area contributed by atoms with Crippen LogP contribution in [0.2, 0.25) is 0 Å². The van der Waals surface area contributed by atoms with E-state index < -0.39 is 0 Å². The van der Waals surface area contributed by atoms with Crippen LogP contribution in [0.3, 0.4) is 0 Å². The first-order chi connectivity index (χ1) is 11.7. The second-order valence-electron chi connectivity index (χ2n) is 5.42. The second-order valence-corrected chi connectivity index (χ2v) is 6.48. The molecule has 0 unspecified atom stereocenters. The molecule has 0 aliphatic rings. The van der Waals surface area contributed by atoms with E-state index in [0.717, 1.165) is 27.5 Å². The lowest BCUT2D eigenvalue weighted by atomic mass is 10.1. The van der Waals surface area contributed by atoms with Gasteiger partial charge in [0.15, 0.2) is 0 Å². The third-order valence-corrected chi connectivity index (χ3v) is 4.33. The average Bonchev–Trinajstić information content (AvgIpc) is 3.02. The molecule has 122 valence electrons. The number of rotatable bonds is 5. The minimum atomic E-state index is -0.134. The molecule has 0 radical (unpaired) electrons. The number of aryl methyl sites for hydroxylation is 1. The van der Waals surface area contributed by atoms with Gasteiger partial charge in [-0.05, 0) is 36.8 Å². The largest absolute Gasteiger partial charge is 0.380 e. The molecule has 0 bridgehead atoms. The van der Waals surface area contributed by atoms with Gasteiger partial charge in [0.25, 0.3) is 5.91 Å². The number of anilines is 1. The number of nitrogens with one attached hydrogen (secondary N) is 1. The first-order valence-electron chi connectivity index (χ1n) is 7.57. The molecular weight excluding hydrogens is 320 g/mol. The van der Waals surface area contributed by atoms with Crippen molar-refractivity contribution in [2.45, 2.75) is 13.5 Å². The Kier molecular flexibility index (Phi) is 5.03. The maximum Gasteiger partial charge on any atom is 0.255 e. The predicted octanol–water partition coefficient (Wildman–Crippen LogP) is 4.52. The van der Waals surface area contributed by atoms with Gasteiger partial charge >= 0.3 is 0 Å². The van der Waals surface area contributed by atoms with Crippen molar-refractivity contribution in [2.75, 3.05) is 12.4 Å². The van der Waals surface area contributed by atoms with Crippen molar-refractivity contribution in [3.63, 3.8) is 0 Å². The van der Waals surface area contributed by atoms with Crippen LogP contribution in [0, 0.1) is 6.92 Å². The molecule has 0 saturated carbocycles. The van der Waals surface area contributed by atoms with Crippen LogP contribution in [0.5, 0.6) is 0 Å². The molecule has 1 N–H and O–H groups in total. The standard InChI is InChI=1S/C19H18N2O2S/c1-13-20-18(12-24-13)15-6-8-17(9-7-15)21-19(22)16-5-3-4-14(10-16)11-23-2/h3-10,12H,11H2,1-2H3,(H,21,22). The van der Waals surface area contributed by atoms with Crippen molar-refractivity contribution < 1.29 is 9.53 Å². The molecule has 0 saturated heterocycles. The summed E-state index contributed by atoms with van der Waals surface area (Å²) in [6, 6.07) is 15.1. The fraction of sp³-hybridized carbons (Fsp3) is 0.158. The second kappa shape index (κ2) is 7.38. The molecule has 2 aromatic carbocycles. The number of methoxy groups -OCH3 is 1. The topological polar surface area (TPSA) is 51.2 Å². The van der Waals surface area contributed by atoms with Crippen LogP contribution >= 0.6 is 11.3 Å². The molecule has 1 aromatic heterocycles. The summed E-state index contributed by atoms with van der Waals surface area (Å²) in [6.45, 7) is 2.48. The third-order valence-electron chi connectivity index (χ3n) is 3.56. The number of thiazole rings is 1. The number of ether oxygens (including phenoxy) is 1. The monoisotopic (exact) mass is 338 g/mol. The Balaban J connectivity index is 1.71. The van der Waals surface area contributed by atoms with Crippen molar-refractivity contribution in [3.8, 4) is 11.3 Å². The summed E-state index contributed by atoms with van der Waals surface area (Å²) in [5, 5.41) is 5.99. The molecule has 3 rings (SSSR count). The van der Waals surface area contributed by atoms with E-state index in [4.69, 9.17) is 4.74 Å². The van der Waals surface area contributed by atoms with E-state index in [2.05, 4.69) is 10.3 Å². The zero-order valence-corrected chi connectivity index (χ0v) is 14.4. The van der Waals surface area contributed by atoms with E-state index in [-0.39, 0.29) is 5.91 Å². The van der Waals surface area contributed by atoms with Gasteiger partial charge in [0.1, 0.15) is 0 Å². The summed E-state index contributed by atoms with van der Waals surface area (Å²) in [7, 11) is 1.64. The number of amides is 1. The van der Waals surface area contributed by atoms with Crippen LogP contribution in [-0.4, -0.2) is 18.0 Å². The molecule has 4 nitrogen and oxygen atoms in total. The maximum absolute atomic E-state index is 12.4. The quantitative estimate of drug-likeness (QED) is 0.744. The molecule has 0 spiro atoms. The Labute approximate surface area is 145 Å². The van der Waals surface area contributed by atoms with Gasteiger partial charge < -0.3 is 10.1 Å². The van der Waals surface area contributed by atoms with Gasteiger partial charge in [-0.25, -0.2) is 4.98 Å². The van der Waals surface area contributed by atoms with E-state index in [1.165, 1.54) is 0 Å². The van der Waals surface area contributed by atoms with Gasteiger partial charge in [-0.3, -0.25) is 4.79 Å². The predicted molar refractivity (Wildman–Crippen MR) is 97.4 cm³/mol. The van der Waals surface area contributed by atoms with E-state index >= 15 is 0 Å². The highest BCUT2D eigenvalue weighted by Crippen LogP contribution is 2.23. The smallest absolute Gasteiger partial charge is 0.255 e. The summed E-state index contributed by atoms with van der Waals surface area (Å²) in [5.41, 5.74) is 4.35. The highest BCUT2D eigenvalue weighted by molar-refractivity contribution is 7.09. The fourth-order valence-electron chi connectivity index (χ4n) is 2.39. The summed E-state index contributed by atoms with van der Waals surface area (Å²) in [5.74, 6) is -0.134. The molecule has 0 aliphatic carbocycles. The Hall–Kier alpha value is -2.50. The lowest BCUT2D eigenvalue weighted by Crippen LogP contribution is -2.12. The SMILES string of the molecule is COCc1cccc(C(=O)Nc2ccc(-c3csc(C)n3)cc2)c1. The summed E-state index contributed by atoms with van der Waals surface area (Å²) in [4.78, 5) is 16.8. The highest BCUT2D eigenvalue weighted by atomic mass is 32.1. The molecule has 5 heteroatoms. The molecule has 0 fully saturated rings. The van der Waals surface area contributed by atoms with Crippen molar-refractivity contribution in [1.82, 2.24) is 4.98 Å². The number of aromatic nitrogens is 1. The Morgan fingerprint density at radius 3 is 2.67 bits per heavy atom. The zero-order chi connectivity index (χ0) is 16.9. The fourth-order valence-corrected chi connectivity index (χ4v) is 3.01. The number of hydrogen-bond donors (Lipinski definition) is 1. The Bertz CT molecular complexity index is 841. The van der Waals surface area contributed by atoms with E-state index in [0.29, 0.717) is 12.2 Å². The van der Waals surface area contributed by atoms with Crippen molar-refractivity contribution >= 4 is 22.9 Å². The number of benzene rings is 2. The first-order valence-corrected chi connectivity index (χ1v) is 8.45. The van der Waals surface area contributed by atoms with Crippen molar-refractivity contribution in [1.29, 1.82) is 0 Å². The molecule has 1 amide bonds. The van der Waals surface area contributed by atoms with Gasteiger partial charge in [0, 0.05) is 29.3 Å². The Morgan fingerprint density at radius 2 is 2.00 bits per heavy atom. The number of hydrogen-bond acceptors (Lipinski definition) is 4. The van der Waals surface area contributed by atoms with Crippen LogP contribution in [0.1, 0.15) is 20.9 Å². The van der Waals surface area contributed by atoms with E-state index in [1.807, 2.05) is 54.8 Å². The number of carbonyl (C=O) groups excluding carboxylic acids is 1. The lowest BCUT2D eigenvalue weighted by molar-refractivity contribution is 0.102. The maximum atomic E-state index is 12.4. The molecular formula is C19H18N2O2S. The summed E-state index contributed by atoms with van der Waals surface area (Å²) < 4.78 is 5.10. The van der Waals surface area contributed by atoms with Crippen LogP contribution in [0.25, 0.3) is 11.3 Å². The van der Waals surface area contributed by atoms with Gasteiger partial charge in [0.05, 0.1) is 17.3 Å². The molecule has 1 heterocycles. The van der Waals surface area contributed by atoms with Gasteiger partial charge in [-0.1, -0.05) is 24.3 Å². The number of carbonyl (C=O) groups is 1. The zero-order valence-electron chi connectivity index (χ0n) is 13.6. The summed E-state index contributed by atoms with van der Waals surface area (Å²) in [6.07, 6.45) is 0. The molecule has 3 aromatic rings. The van der Waals surface area contributed by atoms with Gasteiger partial charge in [0.2, 0.25) is 0 Å². The van der Waals surface area contributed by atoms with Crippen LogP contribution in [0.15, 0.2) is 53.9 Å². The van der Waals surface area contributed by atoms with Crippen LogP contribution in [-0.2, 0) is 11.3 Å². The van der Waals surface area contributed by atoms with Gasteiger partial charge in [-0.2, -0.15) is 0 Å². The summed E-state index contributed by atoms with van der Waals surface area (Å²) >= 11 is 1.63. The third kappa shape index (κ3) is 3.88. The average molecular weight is 338 g/mol. The molecule has 0 atom stereocenters. The molecule has 24 heavy (non-hydrogen) atoms. The van der Waals surface area contributed by atoms with E-state index in [9.17, 15) is 4.79 Å².